The van der Waals surface area contributed by atoms with Crippen LogP contribution in [-0.4, -0.2) is 26.7 Å². The van der Waals surface area contributed by atoms with Crippen LogP contribution < -0.4 is 14.8 Å². The van der Waals surface area contributed by atoms with E-state index in [2.05, 4.69) is 10.0 Å². The molecule has 7 nitrogen and oxygen atoms in total. The van der Waals surface area contributed by atoms with Crippen molar-refractivity contribution in [3.05, 3.63) is 65.0 Å². The average molecular weight is 493 g/mol. The summed E-state index contributed by atoms with van der Waals surface area (Å²) in [6, 6.07) is 10.8. The van der Waals surface area contributed by atoms with Crippen LogP contribution in [0.15, 0.2) is 42.5 Å². The van der Waals surface area contributed by atoms with E-state index in [9.17, 15) is 17.6 Å². The Kier molecular flexibility index (Phi) is 8.20. The Bertz CT molecular complexity index is 1090. The van der Waals surface area contributed by atoms with E-state index >= 15 is 0 Å². The van der Waals surface area contributed by atoms with Crippen molar-refractivity contribution in [3.8, 4) is 5.75 Å². The van der Waals surface area contributed by atoms with Crippen molar-refractivity contribution in [1.82, 2.24) is 10.0 Å². The van der Waals surface area contributed by atoms with Crippen LogP contribution >= 0.6 is 0 Å². The summed E-state index contributed by atoms with van der Waals surface area (Å²) in [4.78, 5) is 11.8. The third-order valence-electron chi connectivity index (χ3n) is 5.20. The predicted octanol–water partition coefficient (Wildman–Crippen LogP) is 4.82. The van der Waals surface area contributed by atoms with Gasteiger partial charge in [-0.3, -0.25) is 0 Å². The predicted molar refractivity (Wildman–Crippen MR) is 128 cm³/mol. The maximum absolute atomic E-state index is 14.0. The maximum atomic E-state index is 14.0. The van der Waals surface area contributed by atoms with Gasteiger partial charge in [-0.15, -0.1) is 0 Å². The molecule has 186 valence electrons. The Balaban J connectivity index is 1.54. The van der Waals surface area contributed by atoms with Crippen molar-refractivity contribution in [1.29, 1.82) is 0 Å². The Labute approximate surface area is 201 Å². The second-order valence-corrected chi connectivity index (χ2v) is 11.5. The standard InChI is InChI=1S/C25H33FN2O5S/c1-17(21-11-12-22(26)23(13-21)32-15-19-7-8-19)28-34(30,31)16-20-9-5-18(6-10-20)14-27-24(29)33-25(2,3)4/h5-6,9-13,17,19,28H,7-8,14-16H2,1-4H3,(H,27,29)/t17-/m1/s1. The quantitative estimate of drug-likeness (QED) is 0.496. The van der Waals surface area contributed by atoms with Crippen LogP contribution in [0.3, 0.4) is 0 Å². The maximum Gasteiger partial charge on any atom is 0.407 e. The van der Waals surface area contributed by atoms with Gasteiger partial charge in [0, 0.05) is 12.6 Å². The Hall–Kier alpha value is -2.65. The van der Waals surface area contributed by atoms with Crippen LogP contribution in [0, 0.1) is 11.7 Å². The van der Waals surface area contributed by atoms with E-state index in [1.807, 2.05) is 0 Å². The SMILES string of the molecule is C[C@@H](NS(=O)(=O)Cc1ccc(CNC(=O)OC(C)(C)C)cc1)c1ccc(F)c(OCC2CC2)c1. The van der Waals surface area contributed by atoms with Crippen molar-refractivity contribution in [3.63, 3.8) is 0 Å². The van der Waals surface area contributed by atoms with Crippen LogP contribution in [0.1, 0.15) is 63.3 Å². The number of carbonyl (C=O) groups is 1. The lowest BCUT2D eigenvalue weighted by Gasteiger charge is -2.19. The summed E-state index contributed by atoms with van der Waals surface area (Å²) in [7, 11) is -3.65. The highest BCUT2D eigenvalue weighted by Crippen LogP contribution is 2.31. The number of carbonyl (C=O) groups excluding carboxylic acids is 1. The second-order valence-electron chi connectivity index (χ2n) is 9.71. The van der Waals surface area contributed by atoms with E-state index in [1.54, 1.807) is 64.1 Å². The summed E-state index contributed by atoms with van der Waals surface area (Å²) in [5, 5.41) is 2.67. The molecular weight excluding hydrogens is 459 g/mol. The molecule has 1 aliphatic carbocycles. The van der Waals surface area contributed by atoms with Crippen LogP contribution in [-0.2, 0) is 27.1 Å². The van der Waals surface area contributed by atoms with E-state index in [4.69, 9.17) is 9.47 Å². The number of halogens is 1. The van der Waals surface area contributed by atoms with Gasteiger partial charge in [0.1, 0.15) is 5.60 Å². The normalized spacial score (nSPS) is 15.0. The third-order valence-corrected chi connectivity index (χ3v) is 6.62. The van der Waals surface area contributed by atoms with E-state index in [0.29, 0.717) is 23.7 Å². The largest absolute Gasteiger partial charge is 0.490 e. The fourth-order valence-electron chi connectivity index (χ4n) is 3.23. The number of benzene rings is 2. The second kappa shape index (κ2) is 10.7. The van der Waals surface area contributed by atoms with Gasteiger partial charge in [0.25, 0.3) is 0 Å². The Morgan fingerprint density at radius 1 is 1.12 bits per heavy atom. The molecule has 34 heavy (non-hydrogen) atoms. The first-order valence-corrected chi connectivity index (χ1v) is 13.0. The van der Waals surface area contributed by atoms with Gasteiger partial charge in [-0.05, 0) is 75.3 Å². The average Bonchev–Trinajstić information content (AvgIpc) is 3.55. The van der Waals surface area contributed by atoms with Gasteiger partial charge in [0.05, 0.1) is 12.4 Å². The zero-order chi connectivity index (χ0) is 24.9. The molecule has 0 spiro atoms. The number of amides is 1. The summed E-state index contributed by atoms with van der Waals surface area (Å²) in [5.41, 5.74) is 1.47. The molecule has 0 unspecified atom stereocenters. The number of rotatable bonds is 10. The molecule has 3 rings (SSSR count). The minimum absolute atomic E-state index is 0.144. The topological polar surface area (TPSA) is 93.7 Å². The summed E-state index contributed by atoms with van der Waals surface area (Å²) < 4.78 is 52.8. The van der Waals surface area contributed by atoms with E-state index < -0.39 is 33.6 Å². The summed E-state index contributed by atoms with van der Waals surface area (Å²) in [6.45, 7) is 7.82. The van der Waals surface area contributed by atoms with E-state index in [0.717, 1.165) is 18.4 Å². The smallest absolute Gasteiger partial charge is 0.407 e. The molecule has 9 heteroatoms. The molecule has 0 bridgehead atoms. The van der Waals surface area contributed by atoms with Crippen molar-refractivity contribution < 1.29 is 27.1 Å². The van der Waals surface area contributed by atoms with Crippen molar-refractivity contribution in [2.24, 2.45) is 5.92 Å². The zero-order valence-electron chi connectivity index (χ0n) is 20.1. The van der Waals surface area contributed by atoms with Gasteiger partial charge in [-0.2, -0.15) is 0 Å². The minimum atomic E-state index is -3.65. The number of ether oxygens (including phenoxy) is 2. The van der Waals surface area contributed by atoms with Crippen LogP contribution in [0.2, 0.25) is 0 Å². The highest BCUT2D eigenvalue weighted by atomic mass is 32.2. The zero-order valence-corrected chi connectivity index (χ0v) is 20.9. The van der Waals surface area contributed by atoms with Crippen molar-refractivity contribution >= 4 is 16.1 Å². The summed E-state index contributed by atoms with van der Waals surface area (Å²) >= 11 is 0. The number of sulfonamides is 1. The van der Waals surface area contributed by atoms with E-state index in [-0.39, 0.29) is 18.0 Å². The summed E-state index contributed by atoms with van der Waals surface area (Å²) in [5.74, 6) is -0.0335. The number of alkyl carbamates (subject to hydrolysis) is 1. The van der Waals surface area contributed by atoms with Crippen molar-refractivity contribution in [2.45, 2.75) is 64.5 Å². The molecular formula is C25H33FN2O5S. The minimum Gasteiger partial charge on any atom is -0.490 e. The van der Waals surface area contributed by atoms with Crippen LogP contribution in [0.4, 0.5) is 9.18 Å². The molecule has 1 aliphatic rings. The van der Waals surface area contributed by atoms with E-state index in [1.165, 1.54) is 6.07 Å². The highest BCUT2D eigenvalue weighted by Gasteiger charge is 2.23. The molecule has 1 amide bonds. The van der Waals surface area contributed by atoms with Crippen LogP contribution in [0.5, 0.6) is 5.75 Å². The molecule has 2 aromatic carbocycles. The highest BCUT2D eigenvalue weighted by molar-refractivity contribution is 7.88. The third kappa shape index (κ3) is 8.61. The first-order valence-electron chi connectivity index (χ1n) is 11.4. The van der Waals surface area contributed by atoms with Crippen LogP contribution in [0.25, 0.3) is 0 Å². The molecule has 2 aromatic rings. The number of nitrogens with one attached hydrogen (secondary N) is 2. The molecule has 1 saturated carbocycles. The molecule has 0 aromatic heterocycles. The van der Waals surface area contributed by atoms with Gasteiger partial charge in [0.15, 0.2) is 11.6 Å². The Morgan fingerprint density at radius 3 is 2.38 bits per heavy atom. The lowest BCUT2D eigenvalue weighted by Crippen LogP contribution is -2.32. The van der Waals surface area contributed by atoms with Gasteiger partial charge in [0.2, 0.25) is 10.0 Å². The first kappa shape index (κ1) is 26.0. The number of hydrogen-bond donors (Lipinski definition) is 2. The summed E-state index contributed by atoms with van der Waals surface area (Å²) in [6.07, 6.45) is 1.68. The Morgan fingerprint density at radius 2 is 1.76 bits per heavy atom. The number of hydrogen-bond acceptors (Lipinski definition) is 5. The molecule has 2 N–H and O–H groups in total. The lowest BCUT2D eigenvalue weighted by atomic mass is 10.1. The van der Waals surface area contributed by atoms with Crippen molar-refractivity contribution in [2.75, 3.05) is 6.61 Å². The molecule has 0 heterocycles. The fourth-order valence-corrected chi connectivity index (χ4v) is 4.62. The molecule has 0 saturated heterocycles. The molecule has 0 radical (unpaired) electrons. The lowest BCUT2D eigenvalue weighted by molar-refractivity contribution is 0.0523. The fraction of sp³-hybridized carbons (Fsp3) is 0.480. The van der Waals surface area contributed by atoms with Gasteiger partial charge in [-0.1, -0.05) is 30.3 Å². The molecule has 1 atom stereocenters. The first-order chi connectivity index (χ1) is 15.9. The monoisotopic (exact) mass is 492 g/mol. The van der Waals surface area contributed by atoms with Gasteiger partial charge < -0.3 is 14.8 Å². The van der Waals surface area contributed by atoms with Gasteiger partial charge >= 0.3 is 6.09 Å². The molecule has 0 aliphatic heterocycles. The van der Waals surface area contributed by atoms with Gasteiger partial charge in [-0.25, -0.2) is 22.3 Å². The molecule has 1 fully saturated rings.